The second-order valence-corrected chi connectivity index (χ2v) is 6.91. The van der Waals surface area contributed by atoms with E-state index in [0.717, 1.165) is 25.1 Å². The molecule has 3 fully saturated rings. The molecular formula is C19H25NO4. The van der Waals surface area contributed by atoms with E-state index in [1.54, 1.807) is 0 Å². The Labute approximate surface area is 142 Å². The number of carboxylic acids is 1. The number of fused-ring (bicyclic) bond motifs is 3. The number of aliphatic carboxylic acids is 1. The smallest absolute Gasteiger partial charge is 0.307 e. The van der Waals surface area contributed by atoms with Crippen molar-refractivity contribution in [3.8, 4) is 5.75 Å². The molecule has 2 bridgehead atoms. The third kappa shape index (κ3) is 4.08. The summed E-state index contributed by atoms with van der Waals surface area (Å²) < 4.78 is 5.57. The Morgan fingerprint density at radius 2 is 1.88 bits per heavy atom. The van der Waals surface area contributed by atoms with Crippen LogP contribution in [0.3, 0.4) is 0 Å². The largest absolute Gasteiger partial charge is 0.494 e. The van der Waals surface area contributed by atoms with Crippen LogP contribution in [-0.2, 0) is 9.59 Å². The number of carbonyl (C=O) groups is 2. The van der Waals surface area contributed by atoms with E-state index < -0.39 is 11.9 Å². The van der Waals surface area contributed by atoms with Crippen LogP contribution in [0.15, 0.2) is 30.3 Å². The van der Waals surface area contributed by atoms with Gasteiger partial charge in [0.1, 0.15) is 5.75 Å². The van der Waals surface area contributed by atoms with Crippen molar-refractivity contribution < 1.29 is 19.4 Å². The summed E-state index contributed by atoms with van der Waals surface area (Å²) in [4.78, 5) is 26.0. The summed E-state index contributed by atoms with van der Waals surface area (Å²) in [5.74, 6) is -0.259. The molecule has 0 aromatic heterocycles. The topological polar surface area (TPSA) is 66.8 Å². The number of carbonyl (C=O) groups excluding carboxylic acids is 1. The van der Waals surface area contributed by atoms with Gasteiger partial charge in [0, 0.05) is 19.0 Å². The molecule has 1 N–H and O–H groups in total. The summed E-state index contributed by atoms with van der Waals surface area (Å²) in [6.45, 7) is 1.12. The first kappa shape index (κ1) is 16.8. The van der Waals surface area contributed by atoms with Crippen LogP contribution < -0.4 is 4.74 Å². The molecular weight excluding hydrogens is 306 g/mol. The first-order valence-corrected chi connectivity index (χ1v) is 8.83. The molecule has 24 heavy (non-hydrogen) atoms. The van der Waals surface area contributed by atoms with E-state index in [0.29, 0.717) is 25.0 Å². The van der Waals surface area contributed by atoms with Gasteiger partial charge in [-0.2, -0.15) is 0 Å². The van der Waals surface area contributed by atoms with Crippen molar-refractivity contribution in [3.05, 3.63) is 30.3 Å². The Balaban J connectivity index is 1.50. The number of ether oxygens (including phenoxy) is 1. The van der Waals surface area contributed by atoms with Crippen molar-refractivity contribution in [3.63, 3.8) is 0 Å². The highest BCUT2D eigenvalue weighted by Gasteiger charge is 2.37. The summed E-state index contributed by atoms with van der Waals surface area (Å²) in [5.41, 5.74) is 0. The lowest BCUT2D eigenvalue weighted by molar-refractivity contribution is -0.149. The molecule has 5 nitrogen and oxygen atoms in total. The Bertz CT molecular complexity index is 566. The minimum absolute atomic E-state index is 0.00323. The number of para-hydroxylation sites is 1. The number of hydrogen-bond donors (Lipinski definition) is 1. The number of nitrogens with zero attached hydrogens (tertiary/aromatic N) is 1. The van der Waals surface area contributed by atoms with Gasteiger partial charge in [-0.05, 0) is 50.2 Å². The Hall–Kier alpha value is -2.04. The summed E-state index contributed by atoms with van der Waals surface area (Å²) in [6, 6.07) is 9.66. The molecule has 5 heteroatoms. The maximum absolute atomic E-state index is 12.6. The zero-order valence-electron chi connectivity index (χ0n) is 13.9. The highest BCUT2D eigenvalue weighted by molar-refractivity contribution is 5.82. The Kier molecular flexibility index (Phi) is 5.38. The SMILES string of the molecule is O=C(O)[C@H](CCOc1ccccc1)CC(=O)N1CC2CCC1CC2. The predicted molar refractivity (Wildman–Crippen MR) is 89.8 cm³/mol. The Morgan fingerprint density at radius 1 is 1.17 bits per heavy atom. The second kappa shape index (κ2) is 7.69. The lowest BCUT2D eigenvalue weighted by Crippen LogP contribution is -2.51. The molecule has 1 aromatic carbocycles. The van der Waals surface area contributed by atoms with Gasteiger partial charge in [0.25, 0.3) is 0 Å². The summed E-state index contributed by atoms with van der Waals surface area (Å²) >= 11 is 0. The molecule has 2 saturated heterocycles. The molecule has 1 saturated carbocycles. The maximum Gasteiger partial charge on any atom is 0.307 e. The molecule has 2 heterocycles. The average molecular weight is 331 g/mol. The van der Waals surface area contributed by atoms with E-state index in [2.05, 4.69) is 0 Å². The average Bonchev–Trinajstić information content (AvgIpc) is 2.62. The van der Waals surface area contributed by atoms with Crippen LogP contribution in [0.25, 0.3) is 0 Å². The van der Waals surface area contributed by atoms with Gasteiger partial charge in [0.15, 0.2) is 0 Å². The highest BCUT2D eigenvalue weighted by atomic mass is 16.5. The fraction of sp³-hybridized carbons (Fsp3) is 0.579. The first-order valence-electron chi connectivity index (χ1n) is 8.83. The van der Waals surface area contributed by atoms with Gasteiger partial charge in [-0.3, -0.25) is 9.59 Å². The summed E-state index contributed by atoms with van der Waals surface area (Å²) in [7, 11) is 0. The molecule has 4 rings (SSSR count). The fourth-order valence-corrected chi connectivity index (χ4v) is 3.85. The molecule has 1 atom stereocenters. The molecule has 0 spiro atoms. The maximum atomic E-state index is 12.6. The van der Waals surface area contributed by atoms with E-state index in [1.165, 1.54) is 12.8 Å². The van der Waals surface area contributed by atoms with Gasteiger partial charge in [0.2, 0.25) is 5.91 Å². The molecule has 1 aliphatic carbocycles. The van der Waals surface area contributed by atoms with Gasteiger partial charge in [-0.1, -0.05) is 18.2 Å². The molecule has 1 aromatic rings. The first-order chi connectivity index (χ1) is 11.6. The number of rotatable bonds is 7. The zero-order chi connectivity index (χ0) is 16.9. The van der Waals surface area contributed by atoms with E-state index in [9.17, 15) is 14.7 Å². The van der Waals surface area contributed by atoms with Crippen LogP contribution in [0, 0.1) is 11.8 Å². The molecule has 130 valence electrons. The van der Waals surface area contributed by atoms with Crippen LogP contribution in [0.2, 0.25) is 0 Å². The van der Waals surface area contributed by atoms with Gasteiger partial charge >= 0.3 is 5.97 Å². The molecule has 3 aliphatic rings. The number of carboxylic acid groups (broad SMARTS) is 1. The standard InChI is InChI=1S/C19H25NO4/c21-18(20-13-14-6-8-16(20)9-7-14)12-15(19(22)23)10-11-24-17-4-2-1-3-5-17/h1-5,14-16H,6-13H2,(H,22,23)/t14?,15-,16?/m1/s1. The number of piperidine rings is 2. The van der Waals surface area contributed by atoms with Crippen molar-refractivity contribution >= 4 is 11.9 Å². The number of hydrogen-bond acceptors (Lipinski definition) is 3. The lowest BCUT2D eigenvalue weighted by Gasteiger charge is -2.45. The van der Waals surface area contributed by atoms with E-state index in [1.807, 2.05) is 35.2 Å². The second-order valence-electron chi connectivity index (χ2n) is 6.91. The number of amides is 1. The van der Waals surface area contributed by atoms with E-state index in [4.69, 9.17) is 4.74 Å². The molecule has 0 unspecified atom stereocenters. The molecule has 1 amide bonds. The van der Waals surface area contributed by atoms with Gasteiger partial charge < -0.3 is 14.7 Å². The number of benzene rings is 1. The van der Waals surface area contributed by atoms with Crippen LogP contribution in [0.4, 0.5) is 0 Å². The molecule has 2 aliphatic heterocycles. The highest BCUT2D eigenvalue weighted by Crippen LogP contribution is 2.35. The Morgan fingerprint density at radius 3 is 2.46 bits per heavy atom. The van der Waals surface area contributed by atoms with Gasteiger partial charge in [-0.25, -0.2) is 0 Å². The van der Waals surface area contributed by atoms with E-state index >= 15 is 0 Å². The van der Waals surface area contributed by atoms with Gasteiger partial charge in [-0.15, -0.1) is 0 Å². The van der Waals surface area contributed by atoms with Crippen molar-refractivity contribution in [2.24, 2.45) is 11.8 Å². The fourth-order valence-electron chi connectivity index (χ4n) is 3.85. The third-order valence-electron chi connectivity index (χ3n) is 5.28. The van der Waals surface area contributed by atoms with Crippen LogP contribution in [0.5, 0.6) is 5.75 Å². The van der Waals surface area contributed by atoms with E-state index in [-0.39, 0.29) is 12.3 Å². The van der Waals surface area contributed by atoms with Crippen molar-refractivity contribution in [1.82, 2.24) is 4.90 Å². The van der Waals surface area contributed by atoms with Crippen LogP contribution >= 0.6 is 0 Å². The monoisotopic (exact) mass is 331 g/mol. The lowest BCUT2D eigenvalue weighted by atomic mass is 9.79. The normalized spacial score (nSPS) is 23.8. The predicted octanol–water partition coefficient (Wildman–Crippen LogP) is 2.95. The minimum atomic E-state index is -0.915. The minimum Gasteiger partial charge on any atom is -0.494 e. The summed E-state index contributed by atoms with van der Waals surface area (Å²) in [5, 5.41) is 9.42. The summed E-state index contributed by atoms with van der Waals surface area (Å²) in [6.07, 6.45) is 4.99. The van der Waals surface area contributed by atoms with Crippen molar-refractivity contribution in [2.45, 2.75) is 44.6 Å². The quantitative estimate of drug-likeness (QED) is 0.834. The van der Waals surface area contributed by atoms with Crippen molar-refractivity contribution in [2.75, 3.05) is 13.2 Å². The van der Waals surface area contributed by atoms with Crippen LogP contribution in [0.1, 0.15) is 38.5 Å². The van der Waals surface area contributed by atoms with Gasteiger partial charge in [0.05, 0.1) is 12.5 Å². The third-order valence-corrected chi connectivity index (χ3v) is 5.28. The van der Waals surface area contributed by atoms with Crippen LogP contribution in [-0.4, -0.2) is 41.1 Å². The molecule has 0 radical (unpaired) electrons. The zero-order valence-corrected chi connectivity index (χ0v) is 13.9. The van der Waals surface area contributed by atoms with Crippen molar-refractivity contribution in [1.29, 1.82) is 0 Å².